The number of hydroxylamine groups is 2. The Kier molecular flexibility index (Phi) is 5.56. The highest BCUT2D eigenvalue weighted by atomic mass is 16.5. The van der Waals surface area contributed by atoms with Crippen LogP contribution >= 0.6 is 0 Å². The monoisotopic (exact) mass is 339 g/mol. The first-order valence-electron chi connectivity index (χ1n) is 8.80. The lowest BCUT2D eigenvalue weighted by Crippen LogP contribution is -2.32. The summed E-state index contributed by atoms with van der Waals surface area (Å²) in [7, 11) is 0. The highest BCUT2D eigenvalue weighted by Crippen LogP contribution is 2.28. The van der Waals surface area contributed by atoms with Gasteiger partial charge < -0.3 is 10.6 Å². The second-order valence-corrected chi connectivity index (χ2v) is 6.54. The van der Waals surface area contributed by atoms with Crippen LogP contribution in [-0.2, 0) is 19.4 Å². The van der Waals surface area contributed by atoms with E-state index >= 15 is 0 Å². The second kappa shape index (κ2) is 8.03. The second-order valence-electron chi connectivity index (χ2n) is 6.54. The van der Waals surface area contributed by atoms with E-state index in [-0.39, 0.29) is 6.54 Å². The molecule has 0 saturated carbocycles. The number of amides is 2. The number of benzene rings is 2. The number of primary amides is 1. The smallest absolute Gasteiger partial charge is 0.338 e. The Morgan fingerprint density at radius 2 is 1.96 bits per heavy atom. The zero-order valence-corrected chi connectivity index (χ0v) is 14.4. The van der Waals surface area contributed by atoms with E-state index in [9.17, 15) is 10.0 Å². The molecular formula is C20H25N3O2. The average molecular weight is 339 g/mol. The first-order chi connectivity index (χ1) is 12.1. The standard InChI is InChI=1S/C20H25N3O2/c21-20(24)23(25)15-17-10-11-19-18(14-17)9-5-13-22(19)12-4-8-16-6-2-1-3-7-16/h1-3,6-7,10-11,14,25H,4-5,8-9,12-13,15H2,(H2,21,24). The van der Waals surface area contributed by atoms with Crippen LogP contribution in [0.3, 0.4) is 0 Å². The molecule has 2 amide bonds. The Labute approximate surface area is 148 Å². The summed E-state index contributed by atoms with van der Waals surface area (Å²) in [5, 5.41) is 10.1. The van der Waals surface area contributed by atoms with Crippen LogP contribution in [0, 0.1) is 0 Å². The normalized spacial score (nSPS) is 13.4. The molecule has 0 unspecified atom stereocenters. The third-order valence-electron chi connectivity index (χ3n) is 4.68. The maximum absolute atomic E-state index is 11.0. The minimum atomic E-state index is -0.833. The fraction of sp³-hybridized carbons (Fsp3) is 0.350. The van der Waals surface area contributed by atoms with Gasteiger partial charge in [-0.25, -0.2) is 9.86 Å². The minimum absolute atomic E-state index is 0.122. The highest BCUT2D eigenvalue weighted by molar-refractivity contribution is 5.70. The van der Waals surface area contributed by atoms with Crippen LogP contribution in [0.4, 0.5) is 10.5 Å². The number of hydrogen-bond donors (Lipinski definition) is 2. The molecule has 1 aliphatic heterocycles. The summed E-state index contributed by atoms with van der Waals surface area (Å²) >= 11 is 0. The van der Waals surface area contributed by atoms with Gasteiger partial charge in [-0.1, -0.05) is 42.5 Å². The van der Waals surface area contributed by atoms with Crippen molar-refractivity contribution in [3.63, 3.8) is 0 Å². The molecule has 5 nitrogen and oxygen atoms in total. The number of nitrogens with two attached hydrogens (primary N) is 1. The SMILES string of the molecule is NC(=O)N(O)Cc1ccc2c(c1)CCCN2CCCc1ccccc1. The van der Waals surface area contributed by atoms with Crippen molar-refractivity contribution in [2.24, 2.45) is 5.73 Å². The Bertz CT molecular complexity index is 718. The summed E-state index contributed by atoms with van der Waals surface area (Å²) in [6.45, 7) is 2.24. The van der Waals surface area contributed by atoms with Crippen molar-refractivity contribution >= 4 is 11.7 Å². The summed E-state index contributed by atoms with van der Waals surface area (Å²) in [5.41, 5.74) is 9.90. The quantitative estimate of drug-likeness (QED) is 0.626. The highest BCUT2D eigenvalue weighted by Gasteiger charge is 2.17. The molecule has 5 heteroatoms. The van der Waals surface area contributed by atoms with Gasteiger partial charge in [-0.3, -0.25) is 5.21 Å². The summed E-state index contributed by atoms with van der Waals surface area (Å²) in [6, 6.07) is 15.9. The summed E-state index contributed by atoms with van der Waals surface area (Å²) in [5.74, 6) is 0. The molecule has 0 spiro atoms. The molecule has 3 N–H and O–H groups in total. The molecular weight excluding hydrogens is 314 g/mol. The van der Waals surface area contributed by atoms with Gasteiger partial charge in [0.25, 0.3) is 0 Å². The molecule has 3 rings (SSSR count). The van der Waals surface area contributed by atoms with Crippen molar-refractivity contribution in [2.45, 2.75) is 32.2 Å². The Morgan fingerprint density at radius 1 is 1.16 bits per heavy atom. The van der Waals surface area contributed by atoms with E-state index in [1.807, 2.05) is 12.1 Å². The van der Waals surface area contributed by atoms with Crippen molar-refractivity contribution in [3.8, 4) is 0 Å². The van der Waals surface area contributed by atoms with E-state index in [4.69, 9.17) is 5.73 Å². The molecule has 0 radical (unpaired) electrons. The van der Waals surface area contributed by atoms with E-state index < -0.39 is 6.03 Å². The van der Waals surface area contributed by atoms with Crippen LogP contribution < -0.4 is 10.6 Å². The predicted octanol–water partition coefficient (Wildman–Crippen LogP) is 3.34. The van der Waals surface area contributed by atoms with Gasteiger partial charge in [0, 0.05) is 18.8 Å². The fourth-order valence-electron chi connectivity index (χ4n) is 3.43. The lowest BCUT2D eigenvalue weighted by Gasteiger charge is -2.32. The molecule has 2 aromatic carbocycles. The molecule has 132 valence electrons. The van der Waals surface area contributed by atoms with E-state index in [1.54, 1.807) is 0 Å². The topological polar surface area (TPSA) is 69.8 Å². The number of fused-ring (bicyclic) bond motifs is 1. The number of nitrogens with zero attached hydrogens (tertiary/aromatic N) is 2. The molecule has 0 bridgehead atoms. The van der Waals surface area contributed by atoms with E-state index in [2.05, 4.69) is 41.3 Å². The number of carbonyl (C=O) groups is 1. The summed E-state index contributed by atoms with van der Waals surface area (Å²) in [6.07, 6.45) is 4.36. The van der Waals surface area contributed by atoms with Gasteiger partial charge in [0.2, 0.25) is 0 Å². The van der Waals surface area contributed by atoms with Gasteiger partial charge in [0.1, 0.15) is 0 Å². The molecule has 2 aromatic rings. The van der Waals surface area contributed by atoms with Gasteiger partial charge in [-0.05, 0) is 48.4 Å². The lowest BCUT2D eigenvalue weighted by molar-refractivity contribution is -0.0470. The van der Waals surface area contributed by atoms with Crippen LogP contribution in [0.1, 0.15) is 29.5 Å². The largest absolute Gasteiger partial charge is 0.371 e. The minimum Gasteiger partial charge on any atom is -0.371 e. The number of urea groups is 1. The molecule has 1 heterocycles. The van der Waals surface area contributed by atoms with Crippen molar-refractivity contribution in [1.29, 1.82) is 0 Å². The molecule has 1 aliphatic rings. The van der Waals surface area contributed by atoms with Crippen molar-refractivity contribution in [3.05, 3.63) is 65.2 Å². The van der Waals surface area contributed by atoms with Gasteiger partial charge in [0.15, 0.2) is 0 Å². The first kappa shape index (κ1) is 17.3. The van der Waals surface area contributed by atoms with Gasteiger partial charge in [-0.15, -0.1) is 0 Å². The van der Waals surface area contributed by atoms with Gasteiger partial charge in [-0.2, -0.15) is 0 Å². The van der Waals surface area contributed by atoms with Crippen LogP contribution in [0.5, 0.6) is 0 Å². The van der Waals surface area contributed by atoms with E-state index in [0.717, 1.165) is 44.3 Å². The number of carbonyl (C=O) groups excluding carboxylic acids is 1. The van der Waals surface area contributed by atoms with E-state index in [0.29, 0.717) is 5.06 Å². The van der Waals surface area contributed by atoms with Crippen LogP contribution in [0.25, 0.3) is 0 Å². The Balaban J connectivity index is 1.62. The summed E-state index contributed by atoms with van der Waals surface area (Å²) in [4.78, 5) is 13.4. The number of aryl methyl sites for hydroxylation is 2. The maximum atomic E-state index is 11.0. The maximum Gasteiger partial charge on any atom is 0.338 e. The zero-order chi connectivity index (χ0) is 17.6. The third-order valence-corrected chi connectivity index (χ3v) is 4.68. The predicted molar refractivity (Wildman–Crippen MR) is 98.7 cm³/mol. The van der Waals surface area contributed by atoms with Gasteiger partial charge >= 0.3 is 6.03 Å². The van der Waals surface area contributed by atoms with E-state index in [1.165, 1.54) is 16.8 Å². The Hall–Kier alpha value is -2.53. The van der Waals surface area contributed by atoms with Gasteiger partial charge in [0.05, 0.1) is 6.54 Å². The van der Waals surface area contributed by atoms with Crippen molar-refractivity contribution in [1.82, 2.24) is 5.06 Å². The average Bonchev–Trinajstić information content (AvgIpc) is 2.62. The molecule has 0 saturated heterocycles. The molecule has 0 atom stereocenters. The molecule has 0 aromatic heterocycles. The lowest BCUT2D eigenvalue weighted by atomic mass is 9.98. The van der Waals surface area contributed by atoms with Crippen LogP contribution in [0.2, 0.25) is 0 Å². The Morgan fingerprint density at radius 3 is 2.72 bits per heavy atom. The van der Waals surface area contributed by atoms with Crippen LogP contribution in [-0.4, -0.2) is 29.4 Å². The van der Waals surface area contributed by atoms with Crippen LogP contribution in [0.15, 0.2) is 48.5 Å². The first-order valence-corrected chi connectivity index (χ1v) is 8.80. The fourth-order valence-corrected chi connectivity index (χ4v) is 3.43. The molecule has 25 heavy (non-hydrogen) atoms. The molecule has 0 fully saturated rings. The number of hydrogen-bond acceptors (Lipinski definition) is 3. The number of anilines is 1. The number of rotatable bonds is 6. The van der Waals surface area contributed by atoms with Crippen molar-refractivity contribution in [2.75, 3.05) is 18.0 Å². The summed E-state index contributed by atoms with van der Waals surface area (Å²) < 4.78 is 0. The zero-order valence-electron chi connectivity index (χ0n) is 14.4. The van der Waals surface area contributed by atoms with Crippen molar-refractivity contribution < 1.29 is 10.0 Å². The molecule has 0 aliphatic carbocycles. The third kappa shape index (κ3) is 4.51.